The molecule has 5 nitrogen and oxygen atoms in total. The predicted octanol–water partition coefficient (Wildman–Crippen LogP) is 2.66. The fourth-order valence-electron chi connectivity index (χ4n) is 1.88. The Morgan fingerprint density at radius 3 is 2.80 bits per heavy atom. The summed E-state index contributed by atoms with van der Waals surface area (Å²) in [6.45, 7) is 1.78. The Bertz CT molecular complexity index is 724. The lowest BCUT2D eigenvalue weighted by Crippen LogP contribution is -2.10. The molecule has 2 heterocycles. The van der Waals surface area contributed by atoms with Crippen LogP contribution in [0.15, 0.2) is 49.2 Å². The van der Waals surface area contributed by atoms with Gasteiger partial charge in [-0.1, -0.05) is 18.2 Å². The van der Waals surface area contributed by atoms with Gasteiger partial charge in [0, 0.05) is 29.7 Å². The van der Waals surface area contributed by atoms with Gasteiger partial charge in [0.25, 0.3) is 0 Å². The van der Waals surface area contributed by atoms with Crippen LogP contribution >= 0.6 is 0 Å². The third kappa shape index (κ3) is 2.35. The second-order valence-corrected chi connectivity index (χ2v) is 4.24. The summed E-state index contributed by atoms with van der Waals surface area (Å²) in [5, 5.41) is 0. The van der Waals surface area contributed by atoms with E-state index in [-0.39, 0.29) is 5.82 Å². The van der Waals surface area contributed by atoms with E-state index in [1.165, 1.54) is 6.07 Å². The van der Waals surface area contributed by atoms with E-state index in [4.69, 9.17) is 0 Å². The van der Waals surface area contributed by atoms with Gasteiger partial charge in [0.15, 0.2) is 5.82 Å². The maximum absolute atomic E-state index is 13.9. The topological polar surface area (TPSA) is 55.6 Å². The summed E-state index contributed by atoms with van der Waals surface area (Å²) in [6, 6.07) is 6.54. The number of benzene rings is 1. The molecule has 0 saturated carbocycles. The van der Waals surface area contributed by atoms with Crippen molar-refractivity contribution in [3.8, 4) is 11.1 Å². The molecule has 100 valence electrons. The van der Waals surface area contributed by atoms with Crippen molar-refractivity contribution in [2.45, 2.75) is 6.92 Å². The van der Waals surface area contributed by atoms with E-state index in [0.29, 0.717) is 22.8 Å². The van der Waals surface area contributed by atoms with E-state index < -0.39 is 0 Å². The van der Waals surface area contributed by atoms with Crippen LogP contribution in [0.4, 0.5) is 10.2 Å². The van der Waals surface area contributed by atoms with E-state index in [0.717, 1.165) is 0 Å². The van der Waals surface area contributed by atoms with Gasteiger partial charge >= 0.3 is 0 Å². The number of hydrogen-bond donors (Lipinski definition) is 1. The molecule has 0 aliphatic carbocycles. The third-order valence-corrected chi connectivity index (χ3v) is 2.81. The first-order valence-electron chi connectivity index (χ1n) is 6.07. The fourth-order valence-corrected chi connectivity index (χ4v) is 1.88. The molecule has 3 rings (SSSR count). The molecular formula is C14H12FN5. The minimum atomic E-state index is -0.311. The smallest absolute Gasteiger partial charge is 0.156 e. The molecule has 0 spiro atoms. The van der Waals surface area contributed by atoms with Crippen molar-refractivity contribution in [1.82, 2.24) is 19.6 Å². The summed E-state index contributed by atoms with van der Waals surface area (Å²) in [6.07, 6.45) is 6.59. The van der Waals surface area contributed by atoms with Crippen LogP contribution in [0.5, 0.6) is 0 Å². The number of rotatable bonds is 3. The number of nitrogens with zero attached hydrogens (tertiary/aromatic N) is 4. The van der Waals surface area contributed by atoms with E-state index in [1.807, 2.05) is 0 Å². The zero-order valence-corrected chi connectivity index (χ0v) is 10.8. The highest BCUT2D eigenvalue weighted by atomic mass is 19.1. The van der Waals surface area contributed by atoms with Gasteiger partial charge in [-0.25, -0.2) is 24.0 Å². The van der Waals surface area contributed by atoms with Gasteiger partial charge in [-0.2, -0.15) is 0 Å². The van der Waals surface area contributed by atoms with Crippen molar-refractivity contribution in [2.75, 3.05) is 5.43 Å². The largest absolute Gasteiger partial charge is 0.276 e. The average molecular weight is 269 g/mol. The lowest BCUT2D eigenvalue weighted by Gasteiger charge is -2.12. The Labute approximate surface area is 115 Å². The van der Waals surface area contributed by atoms with Gasteiger partial charge in [-0.05, 0) is 13.0 Å². The third-order valence-electron chi connectivity index (χ3n) is 2.81. The summed E-state index contributed by atoms with van der Waals surface area (Å²) >= 11 is 0. The van der Waals surface area contributed by atoms with Crippen molar-refractivity contribution in [2.24, 2.45) is 0 Å². The lowest BCUT2D eigenvalue weighted by molar-refractivity contribution is 0.631. The van der Waals surface area contributed by atoms with E-state index in [2.05, 4.69) is 20.4 Å². The molecule has 0 atom stereocenters. The number of nitrogens with one attached hydrogen (secondary N) is 1. The summed E-state index contributed by atoms with van der Waals surface area (Å²) in [5.74, 6) is 0.821. The van der Waals surface area contributed by atoms with Crippen molar-refractivity contribution in [3.05, 3.63) is 60.8 Å². The second-order valence-electron chi connectivity index (χ2n) is 4.24. The molecule has 0 bridgehead atoms. The highest BCUT2D eigenvalue weighted by Gasteiger charge is 2.12. The number of hydrogen-bond acceptors (Lipinski definition) is 4. The van der Waals surface area contributed by atoms with Crippen LogP contribution in [-0.2, 0) is 0 Å². The van der Waals surface area contributed by atoms with E-state index >= 15 is 0 Å². The molecule has 0 aliphatic heterocycles. The summed E-state index contributed by atoms with van der Waals surface area (Å²) in [4.78, 5) is 12.4. The number of anilines is 1. The van der Waals surface area contributed by atoms with Crippen LogP contribution in [0, 0.1) is 12.7 Å². The first-order chi connectivity index (χ1) is 9.74. The van der Waals surface area contributed by atoms with Crippen LogP contribution < -0.4 is 5.43 Å². The molecule has 3 aromatic rings. The lowest BCUT2D eigenvalue weighted by atomic mass is 10.1. The van der Waals surface area contributed by atoms with E-state index in [9.17, 15) is 4.39 Å². The Balaban J connectivity index is 2.09. The Hall–Kier alpha value is -2.76. The minimum absolute atomic E-state index is 0.311. The number of halogens is 1. The van der Waals surface area contributed by atoms with Crippen molar-refractivity contribution >= 4 is 5.82 Å². The quantitative estimate of drug-likeness (QED) is 0.794. The van der Waals surface area contributed by atoms with Gasteiger partial charge < -0.3 is 0 Å². The first-order valence-corrected chi connectivity index (χ1v) is 6.07. The van der Waals surface area contributed by atoms with Crippen molar-refractivity contribution in [3.63, 3.8) is 0 Å². The highest BCUT2D eigenvalue weighted by Crippen LogP contribution is 2.27. The average Bonchev–Trinajstić information content (AvgIpc) is 2.93. The first kappa shape index (κ1) is 12.3. The van der Waals surface area contributed by atoms with Crippen LogP contribution in [-0.4, -0.2) is 19.6 Å². The minimum Gasteiger partial charge on any atom is -0.276 e. The molecule has 1 N–H and O–H groups in total. The molecule has 0 radical (unpaired) electrons. The van der Waals surface area contributed by atoms with Gasteiger partial charge in [-0.3, -0.25) is 5.43 Å². The molecule has 2 aromatic heterocycles. The van der Waals surface area contributed by atoms with Crippen molar-refractivity contribution in [1.29, 1.82) is 0 Å². The summed E-state index contributed by atoms with van der Waals surface area (Å²) in [5.41, 5.74) is 4.11. The fraction of sp³-hybridized carbons (Fsp3) is 0.0714. The Kier molecular flexibility index (Phi) is 3.12. The van der Waals surface area contributed by atoms with Crippen LogP contribution in [0.2, 0.25) is 0 Å². The SMILES string of the molecule is Cc1ncc(-c2ccccc2F)c(Nn2ccnc2)n1. The van der Waals surface area contributed by atoms with E-state index in [1.54, 1.807) is 54.7 Å². The molecule has 20 heavy (non-hydrogen) atoms. The van der Waals surface area contributed by atoms with Crippen LogP contribution in [0.25, 0.3) is 11.1 Å². The molecule has 0 fully saturated rings. The number of imidazole rings is 1. The molecule has 0 saturated heterocycles. The summed E-state index contributed by atoms with van der Waals surface area (Å²) in [7, 11) is 0. The van der Waals surface area contributed by atoms with Gasteiger partial charge in [0.05, 0.1) is 0 Å². The highest BCUT2D eigenvalue weighted by molar-refractivity contribution is 5.74. The number of aromatic nitrogens is 4. The van der Waals surface area contributed by atoms with Gasteiger partial charge in [0.1, 0.15) is 18.0 Å². The second kappa shape index (κ2) is 5.08. The zero-order chi connectivity index (χ0) is 13.9. The van der Waals surface area contributed by atoms with Crippen LogP contribution in [0.1, 0.15) is 5.82 Å². The number of aryl methyl sites for hydroxylation is 1. The molecule has 0 amide bonds. The monoisotopic (exact) mass is 269 g/mol. The van der Waals surface area contributed by atoms with Gasteiger partial charge in [-0.15, -0.1) is 0 Å². The Morgan fingerprint density at radius 1 is 1.20 bits per heavy atom. The predicted molar refractivity (Wildman–Crippen MR) is 73.4 cm³/mol. The molecule has 6 heteroatoms. The zero-order valence-electron chi connectivity index (χ0n) is 10.8. The standard InChI is InChI=1S/C14H12FN5/c1-10-17-8-12(11-4-2-3-5-13(11)15)14(18-10)19-20-7-6-16-9-20/h2-9H,1H3,(H,17,18,19). The Morgan fingerprint density at radius 2 is 2.05 bits per heavy atom. The van der Waals surface area contributed by atoms with Gasteiger partial charge in [0.2, 0.25) is 0 Å². The van der Waals surface area contributed by atoms with Crippen LogP contribution in [0.3, 0.4) is 0 Å². The normalized spacial score (nSPS) is 10.5. The maximum atomic E-state index is 13.9. The molecular weight excluding hydrogens is 257 g/mol. The molecule has 1 aromatic carbocycles. The van der Waals surface area contributed by atoms with Crippen molar-refractivity contribution < 1.29 is 4.39 Å². The molecule has 0 aliphatic rings. The summed E-state index contributed by atoms with van der Waals surface area (Å²) < 4.78 is 15.6. The molecule has 0 unspecified atom stereocenters. The maximum Gasteiger partial charge on any atom is 0.156 e.